The number of primary amides is 1. The highest BCUT2D eigenvalue weighted by atomic mass is 35.5. The number of ether oxygens (including phenoxy) is 1. The van der Waals surface area contributed by atoms with E-state index in [1.807, 2.05) is 54.6 Å². The number of halogens is 1. The highest BCUT2D eigenvalue weighted by Crippen LogP contribution is 2.34. The van der Waals surface area contributed by atoms with Gasteiger partial charge in [0.25, 0.3) is 11.8 Å². The van der Waals surface area contributed by atoms with E-state index in [0.717, 1.165) is 38.7 Å². The Morgan fingerprint density at radius 2 is 1.77 bits per heavy atom. The maximum absolute atomic E-state index is 12.8. The Morgan fingerprint density at radius 3 is 2.54 bits per heavy atom. The average molecular weight is 484 g/mol. The zero-order valence-corrected chi connectivity index (χ0v) is 19.6. The van der Waals surface area contributed by atoms with Crippen LogP contribution < -0.4 is 15.8 Å². The van der Waals surface area contributed by atoms with Crippen LogP contribution in [0.1, 0.15) is 26.3 Å². The van der Waals surface area contributed by atoms with Crippen LogP contribution in [0, 0.1) is 0 Å². The summed E-state index contributed by atoms with van der Waals surface area (Å²) in [4.78, 5) is 28.4. The van der Waals surface area contributed by atoms with E-state index in [2.05, 4.69) is 10.3 Å². The van der Waals surface area contributed by atoms with Gasteiger partial charge >= 0.3 is 0 Å². The molecule has 0 aliphatic carbocycles. The third-order valence-electron chi connectivity index (χ3n) is 5.98. The lowest BCUT2D eigenvalue weighted by Crippen LogP contribution is -2.22. The van der Waals surface area contributed by atoms with Crippen molar-refractivity contribution in [3.63, 3.8) is 0 Å². The molecule has 0 aliphatic rings. The van der Waals surface area contributed by atoms with E-state index in [4.69, 9.17) is 22.1 Å². The Kier molecular flexibility index (Phi) is 5.89. The second kappa shape index (κ2) is 9.16. The molecule has 6 nitrogen and oxygen atoms in total. The maximum Gasteiger partial charge on any atom is 0.251 e. The van der Waals surface area contributed by atoms with Crippen LogP contribution in [0.15, 0.2) is 78.9 Å². The number of carbonyl (C=O) groups excluding carboxylic acids is 2. The van der Waals surface area contributed by atoms with Crippen molar-refractivity contribution in [2.75, 3.05) is 7.11 Å². The lowest BCUT2D eigenvalue weighted by molar-refractivity contribution is 0.0949. The summed E-state index contributed by atoms with van der Waals surface area (Å²) < 4.78 is 5.34. The summed E-state index contributed by atoms with van der Waals surface area (Å²) in [6.07, 6.45) is 0. The summed E-state index contributed by atoms with van der Waals surface area (Å²) in [7, 11) is 1.61. The number of H-pyrrole nitrogens is 1. The fraction of sp³-hybridized carbons (Fsp3) is 0.0714. The summed E-state index contributed by atoms with van der Waals surface area (Å²) in [5.41, 5.74) is 10.6. The van der Waals surface area contributed by atoms with Gasteiger partial charge in [-0.2, -0.15) is 0 Å². The predicted octanol–water partition coefficient (Wildman–Crippen LogP) is 5.68. The first kappa shape index (κ1) is 22.5. The van der Waals surface area contributed by atoms with E-state index in [0.29, 0.717) is 28.2 Å². The normalized spacial score (nSPS) is 11.0. The molecule has 35 heavy (non-hydrogen) atoms. The van der Waals surface area contributed by atoms with Crippen molar-refractivity contribution in [1.82, 2.24) is 10.3 Å². The van der Waals surface area contributed by atoms with E-state index < -0.39 is 5.91 Å². The van der Waals surface area contributed by atoms with Crippen molar-refractivity contribution in [3.8, 4) is 16.9 Å². The number of amides is 2. The first-order chi connectivity index (χ1) is 16.9. The van der Waals surface area contributed by atoms with Gasteiger partial charge < -0.3 is 20.8 Å². The van der Waals surface area contributed by atoms with Gasteiger partial charge in [-0.15, -0.1) is 0 Å². The molecular formula is C28H22ClN3O3. The number of hydrogen-bond acceptors (Lipinski definition) is 3. The van der Waals surface area contributed by atoms with Crippen LogP contribution in [0.2, 0.25) is 5.02 Å². The molecule has 5 rings (SSSR count). The zero-order chi connectivity index (χ0) is 24.5. The lowest BCUT2D eigenvalue weighted by atomic mass is 9.98. The average Bonchev–Trinajstić information content (AvgIpc) is 3.24. The molecule has 0 atom stereocenters. The first-order valence-electron chi connectivity index (χ1n) is 11.0. The fourth-order valence-electron chi connectivity index (χ4n) is 4.24. The van der Waals surface area contributed by atoms with Gasteiger partial charge in [0.1, 0.15) is 5.75 Å². The second-order valence-electron chi connectivity index (χ2n) is 8.24. The molecule has 4 aromatic carbocycles. The summed E-state index contributed by atoms with van der Waals surface area (Å²) in [6.45, 7) is 0.361. The third-order valence-corrected chi connectivity index (χ3v) is 6.22. The topological polar surface area (TPSA) is 97.2 Å². The number of aromatic nitrogens is 1. The third kappa shape index (κ3) is 4.44. The number of methoxy groups -OCH3 is 1. The number of carbonyl (C=O) groups is 2. The molecule has 2 amide bonds. The Labute approximate surface area is 206 Å². The van der Waals surface area contributed by atoms with E-state index in [1.165, 1.54) is 0 Å². The first-order valence-corrected chi connectivity index (χ1v) is 11.4. The van der Waals surface area contributed by atoms with Gasteiger partial charge in [0.2, 0.25) is 0 Å². The second-order valence-corrected chi connectivity index (χ2v) is 8.68. The van der Waals surface area contributed by atoms with E-state index in [1.54, 1.807) is 31.4 Å². The molecule has 0 fully saturated rings. The quantitative estimate of drug-likeness (QED) is 0.290. The molecule has 1 heterocycles. The number of nitrogens with one attached hydrogen (secondary N) is 2. The molecule has 0 saturated carbocycles. The molecule has 0 saturated heterocycles. The van der Waals surface area contributed by atoms with Crippen molar-refractivity contribution in [2.24, 2.45) is 5.73 Å². The minimum absolute atomic E-state index is 0.210. The van der Waals surface area contributed by atoms with E-state index in [-0.39, 0.29) is 5.91 Å². The van der Waals surface area contributed by atoms with Crippen molar-refractivity contribution in [1.29, 1.82) is 0 Å². The standard InChI is InChI=1S/C28H22ClN3O3/c1-35-21-7-3-5-17(11-21)19-12-23-22-9-8-18(14-25(22)32-26(23)24(13-19)27(30)33)28(34)31-15-16-4-2-6-20(29)10-16/h2-14,32H,15H2,1H3,(H2,30,33)(H,31,34). The predicted molar refractivity (Wildman–Crippen MR) is 139 cm³/mol. The lowest BCUT2D eigenvalue weighted by Gasteiger charge is -2.08. The van der Waals surface area contributed by atoms with E-state index >= 15 is 0 Å². The van der Waals surface area contributed by atoms with Gasteiger partial charge in [0, 0.05) is 33.4 Å². The van der Waals surface area contributed by atoms with Crippen molar-refractivity contribution in [2.45, 2.75) is 6.54 Å². The molecule has 1 aromatic heterocycles. The molecule has 0 bridgehead atoms. The Balaban J connectivity index is 1.53. The zero-order valence-electron chi connectivity index (χ0n) is 18.9. The van der Waals surface area contributed by atoms with Crippen LogP contribution in [-0.2, 0) is 6.54 Å². The van der Waals surface area contributed by atoms with Crippen molar-refractivity contribution in [3.05, 3.63) is 101 Å². The van der Waals surface area contributed by atoms with Gasteiger partial charge in [0.05, 0.1) is 18.2 Å². The summed E-state index contributed by atoms with van der Waals surface area (Å²) >= 11 is 6.03. The molecule has 0 aliphatic heterocycles. The largest absolute Gasteiger partial charge is 0.497 e. The van der Waals surface area contributed by atoms with Crippen LogP contribution in [-0.4, -0.2) is 23.9 Å². The van der Waals surface area contributed by atoms with Crippen LogP contribution in [0.4, 0.5) is 0 Å². The van der Waals surface area contributed by atoms with Crippen molar-refractivity contribution < 1.29 is 14.3 Å². The maximum atomic E-state index is 12.8. The van der Waals surface area contributed by atoms with Gasteiger partial charge in [-0.05, 0) is 65.2 Å². The Hall–Kier alpha value is -4.29. The number of aromatic amines is 1. The summed E-state index contributed by atoms with van der Waals surface area (Å²) in [5, 5.41) is 5.27. The number of fused-ring (bicyclic) bond motifs is 3. The number of nitrogens with two attached hydrogens (primary N) is 1. The Morgan fingerprint density at radius 1 is 0.943 bits per heavy atom. The fourth-order valence-corrected chi connectivity index (χ4v) is 4.46. The van der Waals surface area contributed by atoms with Gasteiger partial charge in [-0.1, -0.05) is 41.9 Å². The number of hydrogen-bond donors (Lipinski definition) is 3. The van der Waals surface area contributed by atoms with Crippen LogP contribution in [0.3, 0.4) is 0 Å². The molecule has 0 unspecified atom stereocenters. The van der Waals surface area contributed by atoms with Gasteiger partial charge in [-0.25, -0.2) is 0 Å². The van der Waals surface area contributed by atoms with Crippen LogP contribution in [0.5, 0.6) is 5.75 Å². The monoisotopic (exact) mass is 483 g/mol. The highest BCUT2D eigenvalue weighted by molar-refractivity contribution is 6.30. The summed E-state index contributed by atoms with van der Waals surface area (Å²) in [5.74, 6) is -0.0286. The van der Waals surface area contributed by atoms with Crippen LogP contribution >= 0.6 is 11.6 Å². The molecule has 0 radical (unpaired) electrons. The molecular weight excluding hydrogens is 462 g/mol. The van der Waals surface area contributed by atoms with Crippen molar-refractivity contribution >= 4 is 45.2 Å². The smallest absolute Gasteiger partial charge is 0.251 e. The van der Waals surface area contributed by atoms with Gasteiger partial charge in [-0.3, -0.25) is 9.59 Å². The molecule has 4 N–H and O–H groups in total. The number of rotatable bonds is 6. The van der Waals surface area contributed by atoms with E-state index in [9.17, 15) is 9.59 Å². The molecule has 7 heteroatoms. The Bertz CT molecular complexity index is 1610. The molecule has 5 aromatic rings. The van der Waals surface area contributed by atoms with Crippen LogP contribution in [0.25, 0.3) is 32.9 Å². The summed E-state index contributed by atoms with van der Waals surface area (Å²) in [6, 6.07) is 24.2. The number of benzene rings is 4. The SMILES string of the molecule is COc1cccc(-c2cc(C(N)=O)c3[nH]c4cc(C(=O)NCc5cccc(Cl)c5)ccc4c3c2)c1. The minimum Gasteiger partial charge on any atom is -0.497 e. The van der Waals surface area contributed by atoms with Gasteiger partial charge in [0.15, 0.2) is 0 Å². The molecule has 174 valence electrons. The minimum atomic E-state index is -0.536. The molecule has 0 spiro atoms. The highest BCUT2D eigenvalue weighted by Gasteiger charge is 2.16.